The maximum absolute atomic E-state index is 13.1. The Balaban J connectivity index is 0.000000203. The van der Waals surface area contributed by atoms with Gasteiger partial charge < -0.3 is 0 Å². The van der Waals surface area contributed by atoms with Gasteiger partial charge in [0, 0.05) is 0 Å². The first-order valence-electron chi connectivity index (χ1n) is 22.6. The molecular weight excluding hydrogens is 921 g/mol. The normalized spacial score (nSPS) is 12.9. The van der Waals surface area contributed by atoms with Crippen LogP contribution >= 0.6 is 31.8 Å². The molecule has 8 aromatic carbocycles. The van der Waals surface area contributed by atoms with Gasteiger partial charge in [0.05, 0.1) is 0 Å². The summed E-state index contributed by atoms with van der Waals surface area (Å²) in [5.41, 5.74) is 8.36. The van der Waals surface area contributed by atoms with Crippen LogP contribution in [0.1, 0.15) is 44.5 Å². The Hall–Kier alpha value is -5.38. The quantitative estimate of drug-likeness (QED) is 0.106. The van der Waals surface area contributed by atoms with E-state index in [1.165, 1.54) is 38.2 Å². The topological polar surface area (TPSA) is 85.2 Å². The first-order valence-corrected chi connectivity index (χ1v) is 29.8. The Morgan fingerprint density at radius 1 is 0.441 bits per heavy atom. The Morgan fingerprint density at radius 3 is 1.10 bits per heavy atom. The summed E-state index contributed by atoms with van der Waals surface area (Å²) in [5.74, 6) is -1.89. The van der Waals surface area contributed by atoms with Gasteiger partial charge in [-0.05, 0) is 0 Å². The van der Waals surface area contributed by atoms with Crippen molar-refractivity contribution in [2.24, 2.45) is 0 Å². The fraction of sp³-hybridized carbons (Fsp3) is 0.172. The number of hydrogen-bond acceptors (Lipinski definition) is 4. The van der Waals surface area contributed by atoms with E-state index in [0.717, 1.165) is 43.9 Å². The van der Waals surface area contributed by atoms with E-state index in [4.69, 9.17) is 25.0 Å². The van der Waals surface area contributed by atoms with E-state index >= 15 is 0 Å². The van der Waals surface area contributed by atoms with Gasteiger partial charge in [0.25, 0.3) is 0 Å². The fourth-order valence-corrected chi connectivity index (χ4v) is 25.3. The molecule has 0 amide bonds. The van der Waals surface area contributed by atoms with Crippen molar-refractivity contribution in [3.05, 3.63) is 239 Å². The molecule has 352 valence electrons. The summed E-state index contributed by atoms with van der Waals surface area (Å²) < 4.78 is 30.6. The Bertz CT molecular complexity index is 2900. The molecule has 0 radical (unpaired) electrons. The van der Waals surface area contributed by atoms with Gasteiger partial charge in [-0.1, -0.05) is 0 Å². The van der Waals surface area contributed by atoms with Crippen LogP contribution in [0.4, 0.5) is 0 Å². The standard InChI is InChI=1S/C29H30ClOP.C29H32O5P2/c1-22-9-5-14-27(17-22)32(30,28-15-6-10-23(2)18-28,29-16-7-11-24(3)19-29)21-25-12-8-13-26(20-25)31-4;1-22-12-5-8-17-27(22)36(34-35(30,31)32,28-18-9-6-13-23(28)2,29-19-10-7-14-24(29)3)21-25-15-11-16-26(20-25)33-4/h5-20H,21H2,1-4H3;5-20H,21H2,1-4H3,(H2,30,31,32). The summed E-state index contributed by atoms with van der Waals surface area (Å²) in [6.07, 6.45) is 0.954. The van der Waals surface area contributed by atoms with Crippen molar-refractivity contribution in [2.45, 2.75) is 53.9 Å². The predicted octanol–water partition coefficient (Wildman–Crippen LogP) is 12.5. The molecule has 8 rings (SSSR count). The molecule has 10 heteroatoms. The van der Waals surface area contributed by atoms with E-state index in [1.54, 1.807) is 14.2 Å². The molecule has 2 N–H and O–H groups in total. The molecule has 0 fully saturated rings. The van der Waals surface area contributed by atoms with Gasteiger partial charge in [0.2, 0.25) is 0 Å². The number of rotatable bonds is 14. The van der Waals surface area contributed by atoms with Crippen LogP contribution < -0.4 is 41.3 Å². The molecular formula is C58H62ClO6P3. The van der Waals surface area contributed by atoms with Crippen LogP contribution in [0.25, 0.3) is 0 Å². The second-order valence-electron chi connectivity index (χ2n) is 17.9. The summed E-state index contributed by atoms with van der Waals surface area (Å²) >= 11 is 8.31. The van der Waals surface area contributed by atoms with Crippen molar-refractivity contribution in [2.75, 3.05) is 14.2 Å². The fourth-order valence-electron chi connectivity index (χ4n) is 10.0. The Labute approximate surface area is 407 Å². The van der Waals surface area contributed by atoms with Crippen molar-refractivity contribution < 1.29 is 28.1 Å². The first-order chi connectivity index (χ1) is 32.4. The molecule has 0 bridgehead atoms. The molecule has 8 aromatic rings. The minimum atomic E-state index is -5.04. The number of hydrogen-bond donors (Lipinski definition) is 2. The zero-order valence-corrected chi connectivity index (χ0v) is 43.6. The van der Waals surface area contributed by atoms with Crippen LogP contribution in [0.15, 0.2) is 194 Å². The molecule has 0 aliphatic carbocycles. The SMILES string of the molecule is COc1cccc(CP(Cl)(c2cccc(C)c2)(c2cccc(C)c2)c2cccc(C)c2)c1.COc1cccc(CP(OP(=O)(O)O)(c2ccccc2C)(c2ccccc2C)c2ccccc2C)c1. The van der Waals surface area contributed by atoms with Gasteiger partial charge in [-0.2, -0.15) is 0 Å². The number of aryl methyl sites for hydroxylation is 6. The van der Waals surface area contributed by atoms with Crippen LogP contribution in [-0.2, 0) is 21.2 Å². The molecule has 0 saturated heterocycles. The average molecular weight is 984 g/mol. The van der Waals surface area contributed by atoms with E-state index in [-0.39, 0.29) is 6.16 Å². The summed E-state index contributed by atoms with van der Waals surface area (Å²) in [6, 6.07) is 65.5. The minimum absolute atomic E-state index is 0.245. The van der Waals surface area contributed by atoms with E-state index < -0.39 is 20.6 Å². The van der Waals surface area contributed by atoms with Gasteiger partial charge in [-0.3, -0.25) is 0 Å². The molecule has 0 saturated carbocycles. The van der Waals surface area contributed by atoms with Gasteiger partial charge in [0.15, 0.2) is 0 Å². The monoisotopic (exact) mass is 982 g/mol. The number of benzene rings is 8. The van der Waals surface area contributed by atoms with Crippen LogP contribution in [0, 0.1) is 41.5 Å². The van der Waals surface area contributed by atoms with Crippen LogP contribution in [0.3, 0.4) is 0 Å². The van der Waals surface area contributed by atoms with Crippen molar-refractivity contribution in [3.8, 4) is 11.5 Å². The van der Waals surface area contributed by atoms with E-state index in [0.29, 0.717) is 11.9 Å². The summed E-state index contributed by atoms with van der Waals surface area (Å²) in [7, 11) is -1.72. The van der Waals surface area contributed by atoms with Crippen molar-refractivity contribution >= 4 is 63.7 Å². The molecule has 0 spiro atoms. The molecule has 0 aliphatic heterocycles. The zero-order chi connectivity index (χ0) is 48.8. The summed E-state index contributed by atoms with van der Waals surface area (Å²) in [6.45, 7) is 7.96. The third-order valence-corrected chi connectivity index (χ3v) is 28.0. The number of methoxy groups -OCH3 is 2. The molecule has 0 unspecified atom stereocenters. The van der Waals surface area contributed by atoms with E-state index in [1.807, 2.05) is 124 Å². The molecule has 0 heterocycles. The first kappa shape index (κ1) is 50.5. The summed E-state index contributed by atoms with van der Waals surface area (Å²) in [5, 5.41) is 5.94. The van der Waals surface area contributed by atoms with Crippen LogP contribution in [-0.4, -0.2) is 24.0 Å². The Morgan fingerprint density at radius 2 is 0.779 bits per heavy atom. The van der Waals surface area contributed by atoms with Gasteiger partial charge in [0.1, 0.15) is 0 Å². The second-order valence-corrected chi connectivity index (χ2v) is 30.2. The van der Waals surface area contributed by atoms with Gasteiger partial charge in [-0.25, -0.2) is 0 Å². The molecule has 0 aromatic heterocycles. The zero-order valence-electron chi connectivity index (χ0n) is 40.1. The number of halogens is 1. The maximum atomic E-state index is 13.1. The third kappa shape index (κ3) is 9.76. The van der Waals surface area contributed by atoms with Crippen LogP contribution in [0.5, 0.6) is 11.5 Å². The Kier molecular flexibility index (Phi) is 15.1. The second kappa shape index (κ2) is 20.3. The van der Waals surface area contributed by atoms with Gasteiger partial charge in [-0.15, -0.1) is 0 Å². The van der Waals surface area contributed by atoms with Gasteiger partial charge >= 0.3 is 410 Å². The van der Waals surface area contributed by atoms with Crippen molar-refractivity contribution in [3.63, 3.8) is 0 Å². The molecule has 0 atom stereocenters. The molecule has 68 heavy (non-hydrogen) atoms. The third-order valence-electron chi connectivity index (χ3n) is 13.0. The average Bonchev–Trinajstić information content (AvgIpc) is 3.31. The van der Waals surface area contributed by atoms with E-state index in [9.17, 15) is 14.4 Å². The van der Waals surface area contributed by atoms with Crippen molar-refractivity contribution in [1.29, 1.82) is 0 Å². The number of ether oxygens (including phenoxy) is 2. The predicted molar refractivity (Wildman–Crippen MR) is 291 cm³/mol. The molecule has 0 aliphatic rings. The number of phosphoric acid groups is 1. The van der Waals surface area contributed by atoms with Crippen molar-refractivity contribution in [1.82, 2.24) is 0 Å². The summed E-state index contributed by atoms with van der Waals surface area (Å²) in [4.78, 5) is 21.3. The van der Waals surface area contributed by atoms with E-state index in [2.05, 4.69) is 112 Å². The van der Waals surface area contributed by atoms with Crippen LogP contribution in [0.2, 0.25) is 0 Å². The molecule has 6 nitrogen and oxygen atoms in total.